The molecule has 0 aromatic heterocycles. The summed E-state index contributed by atoms with van der Waals surface area (Å²) in [4.78, 5) is 0. The van der Waals surface area contributed by atoms with Crippen molar-refractivity contribution in [1.82, 2.24) is 0 Å². The Hall–Kier alpha value is -3.10. The Labute approximate surface area is 322 Å². The van der Waals surface area contributed by atoms with Crippen molar-refractivity contribution in [2.45, 2.75) is 0 Å². The van der Waals surface area contributed by atoms with Crippen molar-refractivity contribution in [2.75, 3.05) is 0 Å². The fraction of sp³-hybridized carbons (Fsp3) is 0. The van der Waals surface area contributed by atoms with Crippen LogP contribution in [0, 0.1) is 0 Å². The quantitative estimate of drug-likeness (QED) is 0.101. The van der Waals surface area contributed by atoms with E-state index in [0.29, 0.717) is 0 Å². The predicted molar refractivity (Wildman–Crippen MR) is 216 cm³/mol. The third kappa shape index (κ3) is 6.55. The van der Waals surface area contributed by atoms with Crippen LogP contribution in [-0.4, -0.2) is 37.6 Å². The molecule has 0 aliphatic heterocycles. The second kappa shape index (κ2) is 15.6. The van der Waals surface area contributed by atoms with Gasteiger partial charge in [-0.2, -0.15) is 0 Å². The van der Waals surface area contributed by atoms with Crippen molar-refractivity contribution in [1.29, 1.82) is 0 Å². The van der Waals surface area contributed by atoms with E-state index >= 15 is 0 Å². The number of hydrogen-bond acceptors (Lipinski definition) is 2. The van der Waals surface area contributed by atoms with E-state index in [1.165, 1.54) is 0 Å². The van der Waals surface area contributed by atoms with Crippen LogP contribution in [0.4, 0.5) is 0 Å². The first-order chi connectivity index (χ1) is 24.5. The minimum absolute atomic E-state index is 0.148. The third-order valence-corrected chi connectivity index (χ3v) is 33.0. The van der Waals surface area contributed by atoms with Gasteiger partial charge < -0.3 is 0 Å². The van der Waals surface area contributed by atoms with Crippen LogP contribution in [0.2, 0.25) is 20.1 Å². The number of hydrogen-bond donors (Lipinski definition) is 0. The second-order valence-corrected chi connectivity index (χ2v) is 32.0. The summed E-state index contributed by atoms with van der Waals surface area (Å²) in [6.45, 7) is 0. The molecule has 0 spiro atoms. The first-order valence-corrected chi connectivity index (χ1v) is 28.4. The van der Waals surface area contributed by atoms with E-state index in [1.807, 2.05) is 109 Å². The van der Waals surface area contributed by atoms with Crippen molar-refractivity contribution in [3.05, 3.63) is 202 Å². The van der Waals surface area contributed by atoms with Crippen molar-refractivity contribution in [3.63, 3.8) is 0 Å². The summed E-state index contributed by atoms with van der Waals surface area (Å²) < 4.78 is 21.2. The molecule has 0 aliphatic carbocycles. The Morgan fingerprint density at radius 3 is 0.580 bits per heavy atom. The summed E-state index contributed by atoms with van der Waals surface area (Å²) in [5.74, 6) is 0.478. The summed E-state index contributed by atoms with van der Waals surface area (Å²) in [6.07, 6.45) is 0. The van der Waals surface area contributed by atoms with Gasteiger partial charge in [-0.05, 0) is 0 Å². The molecule has 0 saturated carbocycles. The zero-order valence-electron chi connectivity index (χ0n) is 26.6. The molecule has 8 heteroatoms. The van der Waals surface area contributed by atoms with E-state index in [9.17, 15) is 0 Å². The van der Waals surface area contributed by atoms with Crippen molar-refractivity contribution in [3.8, 4) is 11.5 Å². The molecule has 7 aromatic carbocycles. The molecule has 0 aliphatic rings. The molecule has 7 rings (SSSR count). The Morgan fingerprint density at radius 2 is 0.420 bits per heavy atom. The molecule has 0 radical (unpaired) electrons. The van der Waals surface area contributed by atoms with Crippen molar-refractivity contribution >= 4 is 105 Å². The molecule has 50 heavy (non-hydrogen) atoms. The summed E-state index contributed by atoms with van der Waals surface area (Å²) in [6, 6.07) is 61.7. The summed E-state index contributed by atoms with van der Waals surface area (Å²) >= 11 is 20.3. The van der Waals surface area contributed by atoms with E-state index < -0.39 is 37.6 Å². The monoisotopic (exact) mass is 946 g/mol. The van der Waals surface area contributed by atoms with Gasteiger partial charge in [0.1, 0.15) is 0 Å². The van der Waals surface area contributed by atoms with E-state index in [2.05, 4.69) is 72.8 Å². The van der Waals surface area contributed by atoms with Crippen LogP contribution in [0.1, 0.15) is 0 Å². The molecule has 0 heterocycles. The van der Waals surface area contributed by atoms with Gasteiger partial charge >= 0.3 is 325 Å². The van der Waals surface area contributed by atoms with E-state index in [1.54, 1.807) is 0 Å². The molecule has 0 bridgehead atoms. The van der Waals surface area contributed by atoms with E-state index in [-0.39, 0.29) is 31.6 Å². The van der Waals surface area contributed by atoms with Gasteiger partial charge in [-0.3, -0.25) is 0 Å². The van der Waals surface area contributed by atoms with Gasteiger partial charge in [0.25, 0.3) is 0 Å². The molecule has 2 nitrogen and oxygen atoms in total. The average molecular weight is 946 g/mol. The van der Waals surface area contributed by atoms with Gasteiger partial charge in [0.2, 0.25) is 0 Å². The summed E-state index contributed by atoms with van der Waals surface area (Å²) in [5, 5.41) is 0.590. The fourth-order valence-corrected chi connectivity index (χ4v) is 30.2. The van der Waals surface area contributed by atoms with Gasteiger partial charge in [0.05, 0.1) is 0 Å². The summed E-state index contributed by atoms with van der Waals surface area (Å²) in [5.41, 5.74) is 0. The predicted octanol–water partition coefficient (Wildman–Crippen LogP) is 8.39. The molecule has 0 atom stereocenters. The Kier molecular flexibility index (Phi) is 11.0. The van der Waals surface area contributed by atoms with Crippen molar-refractivity contribution in [2.24, 2.45) is 0 Å². The van der Waals surface area contributed by atoms with Crippen LogP contribution >= 0.6 is 46.4 Å². The van der Waals surface area contributed by atoms with Crippen LogP contribution in [0.25, 0.3) is 0 Å². The maximum atomic E-state index is 7.36. The molecular formula is C42H30Cl4O2Sn2. The molecular weight excluding hydrogens is 916 g/mol. The number of halogens is 4. The van der Waals surface area contributed by atoms with Crippen LogP contribution < -0.4 is 27.6 Å². The van der Waals surface area contributed by atoms with Gasteiger partial charge in [-0.25, -0.2) is 0 Å². The fourth-order valence-electron chi connectivity index (χ4n) is 6.47. The second-order valence-electron chi connectivity index (χ2n) is 11.7. The molecule has 246 valence electrons. The number of benzene rings is 7. The molecule has 0 unspecified atom stereocenters. The maximum absolute atomic E-state index is 7.36. The zero-order valence-corrected chi connectivity index (χ0v) is 35.4. The topological polar surface area (TPSA) is 18.5 Å². The molecule has 0 amide bonds. The molecule has 7 aromatic rings. The van der Waals surface area contributed by atoms with Crippen LogP contribution in [0.5, 0.6) is 11.5 Å². The van der Waals surface area contributed by atoms with Gasteiger partial charge in [-0.15, -0.1) is 0 Å². The molecule has 0 fully saturated rings. The van der Waals surface area contributed by atoms with Crippen molar-refractivity contribution < 1.29 is 6.15 Å². The van der Waals surface area contributed by atoms with Gasteiger partial charge in [-0.1, -0.05) is 0 Å². The average Bonchev–Trinajstić information content (AvgIpc) is 3.20. The van der Waals surface area contributed by atoms with Crippen LogP contribution in [0.3, 0.4) is 0 Å². The summed E-state index contributed by atoms with van der Waals surface area (Å²) in [7, 11) is 0. The zero-order chi connectivity index (χ0) is 34.6. The van der Waals surface area contributed by atoms with E-state index in [0.717, 1.165) is 21.5 Å². The Morgan fingerprint density at radius 1 is 0.260 bits per heavy atom. The first-order valence-electron chi connectivity index (χ1n) is 16.0. The first kappa shape index (κ1) is 35.3. The molecule has 0 saturated heterocycles. The van der Waals surface area contributed by atoms with Gasteiger partial charge in [0.15, 0.2) is 0 Å². The standard InChI is InChI=1S/C6H2Cl4O2.6C6H5.2Sn/c7-1-2(8)6(12)4(10)3(9)5(1)11;6*1-2-4-6-5-3-1;;/h11-12H;6*1-5H;;/q;;;;;;;2*+1/p-2. The van der Waals surface area contributed by atoms with E-state index in [4.69, 9.17) is 52.6 Å². The molecule has 0 N–H and O–H groups in total. The van der Waals surface area contributed by atoms with Crippen LogP contribution in [0.15, 0.2) is 182 Å². The van der Waals surface area contributed by atoms with Crippen LogP contribution in [-0.2, 0) is 0 Å². The third-order valence-electron chi connectivity index (χ3n) is 8.78. The van der Waals surface area contributed by atoms with Gasteiger partial charge in [0, 0.05) is 0 Å². The normalized spacial score (nSPS) is 11.6. The Bertz CT molecular complexity index is 1810. The minimum atomic E-state index is -4.40. The SMILES string of the molecule is Clc1c(Cl)c([O][Sn]([c]2ccccc2)([c]2ccccc2)[c]2ccccc2)c(Cl)c(Cl)c1[O][Sn]([c]1ccccc1)([c]1ccccc1)[c]1ccccc1. The Balaban J connectivity index is 1.46. The number of rotatable bonds is 10.